The molecule has 1 rings (SSSR count). The maximum Gasteiger partial charge on any atom is 0.122 e. The summed E-state index contributed by atoms with van der Waals surface area (Å²) in [6, 6.07) is 5.69. The molecule has 0 fully saturated rings. The van der Waals surface area contributed by atoms with Gasteiger partial charge in [-0.05, 0) is 36.6 Å². The largest absolute Gasteiger partial charge is 0.491 e. The van der Waals surface area contributed by atoms with E-state index in [1.807, 2.05) is 18.2 Å². The predicted octanol–water partition coefficient (Wildman–Crippen LogP) is 2.94. The van der Waals surface area contributed by atoms with Crippen LogP contribution in [0.1, 0.15) is 44.6 Å². The first kappa shape index (κ1) is 17.8. The molecule has 0 bridgehead atoms. The normalized spacial score (nSPS) is 10.6. The molecule has 0 aromatic heterocycles. The molecule has 0 amide bonds. The number of aliphatic hydroxyl groups excluding tert-OH is 2. The summed E-state index contributed by atoms with van der Waals surface area (Å²) >= 11 is 0. The predicted molar refractivity (Wildman–Crippen MR) is 84.1 cm³/mol. The summed E-state index contributed by atoms with van der Waals surface area (Å²) in [5, 5.41) is 17.7. The van der Waals surface area contributed by atoms with E-state index in [2.05, 4.69) is 6.92 Å². The molecule has 0 aliphatic carbocycles. The Morgan fingerprint density at radius 2 is 1.62 bits per heavy atom. The Labute approximate surface area is 127 Å². The number of hydrogen-bond acceptors (Lipinski definition) is 4. The van der Waals surface area contributed by atoms with Crippen molar-refractivity contribution in [3.63, 3.8) is 0 Å². The molecular weight excluding hydrogens is 268 g/mol. The zero-order chi connectivity index (χ0) is 15.3. The van der Waals surface area contributed by atoms with Gasteiger partial charge in [0.2, 0.25) is 0 Å². The van der Waals surface area contributed by atoms with Crippen LogP contribution in [-0.2, 0) is 6.42 Å². The van der Waals surface area contributed by atoms with Crippen LogP contribution in [0.3, 0.4) is 0 Å². The molecule has 0 spiro atoms. The number of hydrogen-bond donors (Lipinski definition) is 2. The van der Waals surface area contributed by atoms with Gasteiger partial charge in [-0.2, -0.15) is 0 Å². The molecule has 0 atom stereocenters. The van der Waals surface area contributed by atoms with E-state index in [0.717, 1.165) is 29.9 Å². The van der Waals surface area contributed by atoms with E-state index in [-0.39, 0.29) is 13.2 Å². The smallest absolute Gasteiger partial charge is 0.122 e. The van der Waals surface area contributed by atoms with Crippen LogP contribution >= 0.6 is 0 Å². The van der Waals surface area contributed by atoms with E-state index in [1.165, 1.54) is 25.7 Å². The number of aryl methyl sites for hydroxylation is 1. The molecule has 4 nitrogen and oxygen atoms in total. The molecule has 1 aromatic carbocycles. The third kappa shape index (κ3) is 7.34. The first-order valence-corrected chi connectivity index (χ1v) is 7.92. The Bertz CT molecular complexity index is 379. The number of aliphatic hydroxyl groups is 2. The topological polar surface area (TPSA) is 58.9 Å². The van der Waals surface area contributed by atoms with Gasteiger partial charge in [-0.15, -0.1) is 0 Å². The van der Waals surface area contributed by atoms with Crippen LogP contribution in [0.25, 0.3) is 0 Å². The lowest BCUT2D eigenvalue weighted by Gasteiger charge is -2.13. The average molecular weight is 296 g/mol. The molecule has 0 aliphatic rings. The van der Waals surface area contributed by atoms with Gasteiger partial charge in [0.05, 0.1) is 13.2 Å². The zero-order valence-electron chi connectivity index (χ0n) is 13.0. The van der Waals surface area contributed by atoms with Crippen molar-refractivity contribution in [1.82, 2.24) is 0 Å². The van der Waals surface area contributed by atoms with Gasteiger partial charge < -0.3 is 19.7 Å². The van der Waals surface area contributed by atoms with Gasteiger partial charge in [-0.1, -0.05) is 32.6 Å². The minimum absolute atomic E-state index is 0.00904. The van der Waals surface area contributed by atoms with E-state index in [0.29, 0.717) is 13.2 Å². The Morgan fingerprint density at radius 3 is 2.33 bits per heavy atom. The molecule has 0 aliphatic heterocycles. The summed E-state index contributed by atoms with van der Waals surface area (Å²) in [5.74, 6) is 1.57. The first-order valence-electron chi connectivity index (χ1n) is 7.92. The number of benzene rings is 1. The minimum atomic E-state index is 0.00904. The fourth-order valence-electron chi connectivity index (χ4n) is 2.22. The van der Waals surface area contributed by atoms with E-state index >= 15 is 0 Å². The zero-order valence-corrected chi connectivity index (χ0v) is 13.0. The summed E-state index contributed by atoms with van der Waals surface area (Å²) < 4.78 is 11.0. The average Bonchev–Trinajstić information content (AvgIpc) is 2.51. The third-order valence-corrected chi connectivity index (χ3v) is 3.29. The second-order valence-electron chi connectivity index (χ2n) is 5.08. The van der Waals surface area contributed by atoms with Gasteiger partial charge in [0.1, 0.15) is 24.7 Å². The lowest BCUT2D eigenvalue weighted by molar-refractivity contribution is 0.197. The van der Waals surface area contributed by atoms with Crippen molar-refractivity contribution in [2.75, 3.05) is 26.4 Å². The van der Waals surface area contributed by atoms with E-state index in [1.54, 1.807) is 0 Å². The van der Waals surface area contributed by atoms with Crippen molar-refractivity contribution in [1.29, 1.82) is 0 Å². The van der Waals surface area contributed by atoms with E-state index < -0.39 is 0 Å². The molecular formula is C17H28O4. The fraction of sp³-hybridized carbons (Fsp3) is 0.647. The third-order valence-electron chi connectivity index (χ3n) is 3.29. The van der Waals surface area contributed by atoms with Crippen LogP contribution in [0.5, 0.6) is 11.5 Å². The van der Waals surface area contributed by atoms with Crippen LogP contribution in [0, 0.1) is 0 Å². The Morgan fingerprint density at radius 1 is 0.905 bits per heavy atom. The summed E-state index contributed by atoms with van der Waals surface area (Å²) in [6.07, 6.45) is 7.08. The first-order chi connectivity index (χ1) is 10.3. The fourth-order valence-corrected chi connectivity index (χ4v) is 2.22. The van der Waals surface area contributed by atoms with Crippen molar-refractivity contribution >= 4 is 0 Å². The Balaban J connectivity index is 2.60. The molecule has 4 heteroatoms. The molecule has 21 heavy (non-hydrogen) atoms. The van der Waals surface area contributed by atoms with Crippen LogP contribution in [0.15, 0.2) is 18.2 Å². The molecule has 0 saturated carbocycles. The summed E-state index contributed by atoms with van der Waals surface area (Å²) in [5.41, 5.74) is 1.11. The second kappa shape index (κ2) is 11.4. The Kier molecular flexibility index (Phi) is 9.66. The van der Waals surface area contributed by atoms with Crippen LogP contribution < -0.4 is 9.47 Å². The van der Waals surface area contributed by atoms with Crippen molar-refractivity contribution in [2.45, 2.75) is 45.4 Å². The Hall–Kier alpha value is -1.26. The number of ether oxygens (including phenoxy) is 2. The lowest BCUT2D eigenvalue weighted by Crippen LogP contribution is -2.05. The highest BCUT2D eigenvalue weighted by atomic mass is 16.5. The SMILES string of the molecule is CCCCCCCc1cc(OCCO)ccc1OCCO. The van der Waals surface area contributed by atoms with Gasteiger partial charge in [-0.3, -0.25) is 0 Å². The van der Waals surface area contributed by atoms with E-state index in [9.17, 15) is 0 Å². The van der Waals surface area contributed by atoms with Crippen LogP contribution in [-0.4, -0.2) is 36.6 Å². The molecule has 0 saturated heterocycles. The quantitative estimate of drug-likeness (QED) is 0.582. The molecule has 0 radical (unpaired) electrons. The van der Waals surface area contributed by atoms with Crippen molar-refractivity contribution < 1.29 is 19.7 Å². The highest BCUT2D eigenvalue weighted by Gasteiger charge is 2.06. The summed E-state index contributed by atoms with van der Waals surface area (Å²) in [6.45, 7) is 2.84. The molecule has 1 aromatic rings. The highest BCUT2D eigenvalue weighted by Crippen LogP contribution is 2.26. The maximum atomic E-state index is 8.88. The van der Waals surface area contributed by atoms with Gasteiger partial charge in [0.15, 0.2) is 0 Å². The molecule has 2 N–H and O–H groups in total. The van der Waals surface area contributed by atoms with Crippen LogP contribution in [0.4, 0.5) is 0 Å². The highest BCUT2D eigenvalue weighted by molar-refractivity contribution is 5.40. The van der Waals surface area contributed by atoms with Gasteiger partial charge in [-0.25, -0.2) is 0 Å². The lowest BCUT2D eigenvalue weighted by atomic mass is 10.0. The number of rotatable bonds is 12. The maximum absolute atomic E-state index is 8.88. The van der Waals surface area contributed by atoms with Crippen molar-refractivity contribution in [2.24, 2.45) is 0 Å². The molecule has 0 unspecified atom stereocenters. The molecule has 0 heterocycles. The standard InChI is InChI=1S/C17H28O4/c1-2-3-4-5-6-7-15-14-16(20-12-10-18)8-9-17(15)21-13-11-19/h8-9,14,18-19H,2-7,10-13H2,1H3. The van der Waals surface area contributed by atoms with E-state index in [4.69, 9.17) is 19.7 Å². The van der Waals surface area contributed by atoms with Crippen LogP contribution in [0.2, 0.25) is 0 Å². The van der Waals surface area contributed by atoms with Crippen molar-refractivity contribution in [3.05, 3.63) is 23.8 Å². The summed E-state index contributed by atoms with van der Waals surface area (Å²) in [4.78, 5) is 0. The van der Waals surface area contributed by atoms with Crippen molar-refractivity contribution in [3.8, 4) is 11.5 Å². The summed E-state index contributed by atoms with van der Waals surface area (Å²) in [7, 11) is 0. The number of unbranched alkanes of at least 4 members (excludes halogenated alkanes) is 4. The monoisotopic (exact) mass is 296 g/mol. The minimum Gasteiger partial charge on any atom is -0.491 e. The van der Waals surface area contributed by atoms with Gasteiger partial charge in [0.25, 0.3) is 0 Å². The second-order valence-corrected chi connectivity index (χ2v) is 5.08. The molecule has 120 valence electrons. The van der Waals surface area contributed by atoms with Gasteiger partial charge >= 0.3 is 0 Å². The van der Waals surface area contributed by atoms with Gasteiger partial charge in [0, 0.05) is 0 Å².